The predicted octanol–water partition coefficient (Wildman–Crippen LogP) is 3.99. The van der Waals surface area contributed by atoms with Crippen molar-refractivity contribution in [3.8, 4) is 5.75 Å². The predicted molar refractivity (Wildman–Crippen MR) is 108 cm³/mol. The maximum Gasteiger partial charge on any atom is 0.325 e. The number of aryl methyl sites for hydroxylation is 1. The molecule has 5 nitrogen and oxygen atoms in total. The van der Waals surface area contributed by atoms with Crippen molar-refractivity contribution in [1.82, 2.24) is 10.2 Å². The summed E-state index contributed by atoms with van der Waals surface area (Å²) in [6.45, 7) is 4.18. The number of amides is 3. The highest BCUT2D eigenvalue weighted by molar-refractivity contribution is 6.07. The molecule has 0 bridgehead atoms. The molecule has 28 heavy (non-hydrogen) atoms. The lowest BCUT2D eigenvalue weighted by Crippen LogP contribution is -2.41. The highest BCUT2D eigenvalue weighted by Crippen LogP contribution is 2.31. The summed E-state index contributed by atoms with van der Waals surface area (Å²) in [6.07, 6.45) is 0. The van der Waals surface area contributed by atoms with Gasteiger partial charge in [-0.15, -0.1) is 0 Å². The minimum absolute atomic E-state index is 0.196. The van der Waals surface area contributed by atoms with Crippen molar-refractivity contribution in [3.63, 3.8) is 0 Å². The summed E-state index contributed by atoms with van der Waals surface area (Å²) in [4.78, 5) is 26.8. The second-order valence-corrected chi connectivity index (χ2v) is 7.24. The molecular weight excluding hydrogens is 352 g/mol. The van der Waals surface area contributed by atoms with Crippen LogP contribution in [0.1, 0.15) is 18.1 Å². The number of hydrogen-bond donors (Lipinski definition) is 1. The fourth-order valence-electron chi connectivity index (χ4n) is 3.56. The van der Waals surface area contributed by atoms with Crippen LogP contribution in [-0.2, 0) is 10.3 Å². The van der Waals surface area contributed by atoms with E-state index >= 15 is 0 Å². The van der Waals surface area contributed by atoms with Crippen LogP contribution >= 0.6 is 0 Å². The van der Waals surface area contributed by atoms with Gasteiger partial charge in [0.2, 0.25) is 0 Å². The van der Waals surface area contributed by atoms with Crippen molar-refractivity contribution in [2.24, 2.45) is 0 Å². The molecule has 3 aromatic rings. The van der Waals surface area contributed by atoms with Gasteiger partial charge in [0.15, 0.2) is 0 Å². The third-order valence-electron chi connectivity index (χ3n) is 5.17. The number of rotatable bonds is 5. The second-order valence-electron chi connectivity index (χ2n) is 7.24. The first-order chi connectivity index (χ1) is 13.5. The first-order valence-corrected chi connectivity index (χ1v) is 9.30. The quantitative estimate of drug-likeness (QED) is 0.687. The fourth-order valence-corrected chi connectivity index (χ4v) is 3.56. The van der Waals surface area contributed by atoms with Gasteiger partial charge in [-0.05, 0) is 53.9 Å². The highest BCUT2D eigenvalue weighted by Gasteiger charge is 2.48. The number of benzene rings is 3. The first kappa shape index (κ1) is 18.0. The van der Waals surface area contributed by atoms with Gasteiger partial charge in [0.25, 0.3) is 5.91 Å². The number of fused-ring (bicyclic) bond motifs is 1. The van der Waals surface area contributed by atoms with E-state index in [1.54, 1.807) is 6.92 Å². The van der Waals surface area contributed by atoms with E-state index in [9.17, 15) is 9.59 Å². The van der Waals surface area contributed by atoms with Crippen LogP contribution in [0.4, 0.5) is 4.79 Å². The van der Waals surface area contributed by atoms with Crippen molar-refractivity contribution in [2.75, 3.05) is 13.2 Å². The van der Waals surface area contributed by atoms with Crippen LogP contribution in [-0.4, -0.2) is 30.0 Å². The number of imide groups is 1. The van der Waals surface area contributed by atoms with Crippen molar-refractivity contribution >= 4 is 22.7 Å². The van der Waals surface area contributed by atoms with Gasteiger partial charge in [0.1, 0.15) is 17.9 Å². The van der Waals surface area contributed by atoms with Gasteiger partial charge in [-0.2, -0.15) is 0 Å². The lowest BCUT2D eigenvalue weighted by Gasteiger charge is -2.22. The van der Waals surface area contributed by atoms with E-state index in [0.29, 0.717) is 0 Å². The lowest BCUT2D eigenvalue weighted by atomic mass is 9.90. The Morgan fingerprint density at radius 1 is 0.964 bits per heavy atom. The van der Waals surface area contributed by atoms with E-state index in [-0.39, 0.29) is 19.1 Å². The largest absolute Gasteiger partial charge is 0.492 e. The fraction of sp³-hybridized carbons (Fsp3) is 0.217. The van der Waals surface area contributed by atoms with Crippen LogP contribution in [0, 0.1) is 6.92 Å². The Morgan fingerprint density at radius 3 is 2.54 bits per heavy atom. The van der Waals surface area contributed by atoms with Crippen LogP contribution in [0.25, 0.3) is 10.8 Å². The Bertz CT molecular complexity index is 1060. The number of urea groups is 1. The van der Waals surface area contributed by atoms with E-state index in [4.69, 9.17) is 4.74 Å². The summed E-state index contributed by atoms with van der Waals surface area (Å²) in [6, 6.07) is 21.1. The SMILES string of the molecule is Cc1cccc(OCCN2C(=O)NC(C)(c3ccc4ccccc4c3)C2=O)c1. The molecule has 3 amide bonds. The van der Waals surface area contributed by atoms with Crippen molar-refractivity contribution in [1.29, 1.82) is 0 Å². The van der Waals surface area contributed by atoms with Crippen LogP contribution in [0.3, 0.4) is 0 Å². The molecule has 1 aliphatic heterocycles. The molecule has 1 saturated heterocycles. The summed E-state index contributed by atoms with van der Waals surface area (Å²) < 4.78 is 5.70. The Morgan fingerprint density at radius 2 is 1.75 bits per heavy atom. The molecular formula is C23H22N2O3. The molecule has 5 heteroatoms. The molecule has 0 aromatic heterocycles. The lowest BCUT2D eigenvalue weighted by molar-refractivity contribution is -0.131. The maximum atomic E-state index is 13.1. The summed E-state index contributed by atoms with van der Waals surface area (Å²) in [5, 5.41) is 4.98. The minimum Gasteiger partial charge on any atom is -0.492 e. The Kier molecular flexibility index (Phi) is 4.51. The van der Waals surface area contributed by atoms with Crippen molar-refractivity contribution in [2.45, 2.75) is 19.4 Å². The van der Waals surface area contributed by atoms with Crippen molar-refractivity contribution < 1.29 is 14.3 Å². The zero-order valence-corrected chi connectivity index (χ0v) is 15.9. The number of carbonyl (C=O) groups is 2. The normalized spacial score (nSPS) is 19.1. The number of ether oxygens (including phenoxy) is 1. The van der Waals surface area contributed by atoms with Crippen LogP contribution in [0.15, 0.2) is 66.7 Å². The van der Waals surface area contributed by atoms with Gasteiger partial charge in [0.05, 0.1) is 6.54 Å². The maximum absolute atomic E-state index is 13.1. The molecule has 4 rings (SSSR count). The molecule has 0 aliphatic carbocycles. The van der Waals surface area contributed by atoms with Crippen LogP contribution in [0.2, 0.25) is 0 Å². The molecule has 0 radical (unpaired) electrons. The minimum atomic E-state index is -1.08. The molecule has 0 saturated carbocycles. The van der Waals surface area contributed by atoms with Crippen molar-refractivity contribution in [3.05, 3.63) is 77.9 Å². The van der Waals surface area contributed by atoms with Gasteiger partial charge < -0.3 is 10.1 Å². The average molecular weight is 374 g/mol. The van der Waals surface area contributed by atoms with Gasteiger partial charge >= 0.3 is 6.03 Å². The number of hydrogen-bond acceptors (Lipinski definition) is 3. The Balaban J connectivity index is 1.50. The third-order valence-corrected chi connectivity index (χ3v) is 5.17. The Labute approximate surface area is 163 Å². The molecule has 1 heterocycles. The Hall–Kier alpha value is -3.34. The van der Waals surface area contributed by atoms with Gasteiger partial charge in [0, 0.05) is 0 Å². The summed E-state index contributed by atoms with van der Waals surface area (Å²) in [5.41, 5.74) is 0.785. The van der Waals surface area contributed by atoms with Gasteiger partial charge in [-0.3, -0.25) is 9.69 Å². The monoisotopic (exact) mass is 374 g/mol. The smallest absolute Gasteiger partial charge is 0.325 e. The first-order valence-electron chi connectivity index (χ1n) is 9.30. The summed E-state index contributed by atoms with van der Waals surface area (Å²) >= 11 is 0. The average Bonchev–Trinajstić information content (AvgIpc) is 2.91. The summed E-state index contributed by atoms with van der Waals surface area (Å²) in [7, 11) is 0. The van der Waals surface area contributed by atoms with E-state index in [2.05, 4.69) is 5.32 Å². The van der Waals surface area contributed by atoms with E-state index in [1.165, 1.54) is 4.90 Å². The van der Waals surface area contributed by atoms with E-state index in [1.807, 2.05) is 73.7 Å². The number of nitrogens with zero attached hydrogens (tertiary/aromatic N) is 1. The second kappa shape index (κ2) is 7.00. The molecule has 0 spiro atoms. The molecule has 1 N–H and O–H groups in total. The molecule has 142 valence electrons. The van der Waals surface area contributed by atoms with Gasteiger partial charge in [-0.25, -0.2) is 4.79 Å². The van der Waals surface area contributed by atoms with Gasteiger partial charge in [-0.1, -0.05) is 48.5 Å². The zero-order chi connectivity index (χ0) is 19.7. The molecule has 1 unspecified atom stereocenters. The summed E-state index contributed by atoms with van der Waals surface area (Å²) in [5.74, 6) is 0.463. The highest BCUT2D eigenvalue weighted by atomic mass is 16.5. The number of carbonyl (C=O) groups excluding carboxylic acids is 2. The topological polar surface area (TPSA) is 58.6 Å². The van der Waals surface area contributed by atoms with E-state index in [0.717, 1.165) is 27.6 Å². The third kappa shape index (κ3) is 3.20. The van der Waals surface area contributed by atoms with Crippen LogP contribution in [0.5, 0.6) is 5.75 Å². The standard InChI is InChI=1S/C23H22N2O3/c1-16-6-5-9-20(14-16)28-13-12-25-21(26)23(2,24-22(25)27)19-11-10-17-7-3-4-8-18(17)15-19/h3-11,14-15H,12-13H2,1-2H3,(H,24,27). The molecule has 1 fully saturated rings. The molecule has 1 aliphatic rings. The molecule has 3 aromatic carbocycles. The molecule has 1 atom stereocenters. The van der Waals surface area contributed by atoms with Crippen LogP contribution < -0.4 is 10.1 Å². The van der Waals surface area contributed by atoms with E-state index < -0.39 is 11.6 Å². The zero-order valence-electron chi connectivity index (χ0n) is 15.9. The number of nitrogens with one attached hydrogen (secondary N) is 1.